The zero-order valence-electron chi connectivity index (χ0n) is 17.6. The summed E-state index contributed by atoms with van der Waals surface area (Å²) in [5.74, 6) is 1.82. The number of nitrogens with zero attached hydrogens (tertiary/aromatic N) is 2. The quantitative estimate of drug-likeness (QED) is 0.323. The summed E-state index contributed by atoms with van der Waals surface area (Å²) < 4.78 is 22.9. The van der Waals surface area contributed by atoms with Crippen molar-refractivity contribution in [1.29, 1.82) is 0 Å². The van der Waals surface area contributed by atoms with Crippen molar-refractivity contribution < 1.29 is 8.42 Å². The van der Waals surface area contributed by atoms with Crippen LogP contribution in [-0.4, -0.2) is 57.5 Å². The van der Waals surface area contributed by atoms with Crippen LogP contribution in [0.15, 0.2) is 35.3 Å². The molecule has 1 aliphatic heterocycles. The summed E-state index contributed by atoms with van der Waals surface area (Å²) in [4.78, 5) is 7.20. The van der Waals surface area contributed by atoms with Gasteiger partial charge in [0.25, 0.3) is 0 Å². The van der Waals surface area contributed by atoms with Crippen LogP contribution in [0.5, 0.6) is 0 Å². The molecule has 0 bridgehead atoms. The fourth-order valence-electron chi connectivity index (χ4n) is 3.39. The second kappa shape index (κ2) is 11.4. The van der Waals surface area contributed by atoms with E-state index in [1.54, 1.807) is 0 Å². The molecule has 7 heteroatoms. The van der Waals surface area contributed by atoms with Gasteiger partial charge >= 0.3 is 0 Å². The molecule has 1 heterocycles. The molecule has 1 aromatic carbocycles. The molecule has 28 heavy (non-hydrogen) atoms. The predicted molar refractivity (Wildman–Crippen MR) is 129 cm³/mol. The molecular formula is C21H36IN3O2S. The molecule has 0 radical (unpaired) electrons. The lowest BCUT2D eigenvalue weighted by Gasteiger charge is -2.26. The number of hydrogen-bond acceptors (Lipinski definition) is 3. The third-order valence-electron chi connectivity index (χ3n) is 5.09. The number of halogens is 1. The summed E-state index contributed by atoms with van der Waals surface area (Å²) in [6.45, 7) is 9.77. The highest BCUT2D eigenvalue weighted by Gasteiger charge is 2.26. The topological polar surface area (TPSA) is 61.8 Å². The fourth-order valence-corrected chi connectivity index (χ4v) is 4.32. The third-order valence-corrected chi connectivity index (χ3v) is 6.04. The number of sulfone groups is 1. The van der Waals surface area contributed by atoms with Crippen molar-refractivity contribution in [3.05, 3.63) is 35.9 Å². The second-order valence-electron chi connectivity index (χ2n) is 8.50. The Balaban J connectivity index is 0.00000392. The van der Waals surface area contributed by atoms with Crippen LogP contribution >= 0.6 is 24.0 Å². The summed E-state index contributed by atoms with van der Waals surface area (Å²) in [6.07, 6.45) is 4.21. The molecule has 0 aromatic heterocycles. The van der Waals surface area contributed by atoms with Gasteiger partial charge in [0.1, 0.15) is 9.84 Å². The van der Waals surface area contributed by atoms with Crippen molar-refractivity contribution >= 4 is 39.8 Å². The number of benzene rings is 1. The minimum Gasteiger partial charge on any atom is -0.357 e. The van der Waals surface area contributed by atoms with Crippen molar-refractivity contribution in [3.8, 4) is 0 Å². The first-order valence-electron chi connectivity index (χ1n) is 9.93. The molecule has 1 unspecified atom stereocenters. The fraction of sp³-hybridized carbons (Fsp3) is 0.667. The van der Waals surface area contributed by atoms with Crippen LogP contribution in [0, 0.1) is 11.3 Å². The highest BCUT2D eigenvalue weighted by Crippen LogP contribution is 2.23. The SMILES string of the molecule is CCNC(=NCC(C)(C)CCS(C)(=O)=O)N1CCC(Cc2ccccc2)C1.I. The lowest BCUT2D eigenvalue weighted by molar-refractivity contribution is 0.361. The Hall–Kier alpha value is -0.830. The Bertz CT molecular complexity index is 720. The lowest BCUT2D eigenvalue weighted by atomic mass is 9.90. The molecule has 1 saturated heterocycles. The van der Waals surface area contributed by atoms with Gasteiger partial charge in [-0.2, -0.15) is 0 Å². The molecule has 2 rings (SSSR count). The van der Waals surface area contributed by atoms with Crippen molar-refractivity contribution in [2.24, 2.45) is 16.3 Å². The van der Waals surface area contributed by atoms with E-state index in [0.717, 1.165) is 32.0 Å². The van der Waals surface area contributed by atoms with Crippen LogP contribution < -0.4 is 5.32 Å². The molecule has 0 aliphatic carbocycles. The van der Waals surface area contributed by atoms with Gasteiger partial charge in [-0.25, -0.2) is 8.42 Å². The molecule has 0 spiro atoms. The summed E-state index contributed by atoms with van der Waals surface area (Å²) in [6, 6.07) is 10.7. The van der Waals surface area contributed by atoms with E-state index in [-0.39, 0.29) is 35.1 Å². The Morgan fingerprint density at radius 2 is 1.96 bits per heavy atom. The summed E-state index contributed by atoms with van der Waals surface area (Å²) >= 11 is 0. The van der Waals surface area contributed by atoms with Crippen LogP contribution in [-0.2, 0) is 16.3 Å². The van der Waals surface area contributed by atoms with Gasteiger partial charge in [0.05, 0.1) is 5.75 Å². The van der Waals surface area contributed by atoms with E-state index in [9.17, 15) is 8.42 Å². The Kier molecular flexibility index (Phi) is 10.2. The smallest absolute Gasteiger partial charge is 0.193 e. The van der Waals surface area contributed by atoms with Gasteiger partial charge in [-0.15, -0.1) is 24.0 Å². The van der Waals surface area contributed by atoms with Gasteiger partial charge in [-0.3, -0.25) is 4.99 Å². The summed E-state index contributed by atoms with van der Waals surface area (Å²) in [5.41, 5.74) is 1.26. The van der Waals surface area contributed by atoms with Gasteiger partial charge in [-0.1, -0.05) is 44.2 Å². The zero-order chi connectivity index (χ0) is 19.9. The zero-order valence-corrected chi connectivity index (χ0v) is 20.8. The predicted octanol–water partition coefficient (Wildman–Crippen LogP) is 3.60. The molecule has 1 aromatic rings. The van der Waals surface area contributed by atoms with Crippen molar-refractivity contribution in [2.75, 3.05) is 38.2 Å². The van der Waals surface area contributed by atoms with Gasteiger partial charge in [0, 0.05) is 32.4 Å². The monoisotopic (exact) mass is 521 g/mol. The normalized spacial score (nSPS) is 18.1. The second-order valence-corrected chi connectivity index (χ2v) is 10.8. The number of likely N-dealkylation sites (tertiary alicyclic amines) is 1. The first-order chi connectivity index (χ1) is 12.7. The first kappa shape index (κ1) is 25.2. The van der Waals surface area contributed by atoms with Crippen LogP contribution in [0.2, 0.25) is 0 Å². The molecule has 1 N–H and O–H groups in total. The highest BCUT2D eigenvalue weighted by molar-refractivity contribution is 14.0. The molecule has 5 nitrogen and oxygen atoms in total. The molecule has 0 amide bonds. The first-order valence-corrected chi connectivity index (χ1v) is 12.0. The summed E-state index contributed by atoms with van der Waals surface area (Å²) in [7, 11) is -2.93. The van der Waals surface area contributed by atoms with E-state index in [2.05, 4.69) is 61.3 Å². The Labute approximate surface area is 188 Å². The Morgan fingerprint density at radius 1 is 1.29 bits per heavy atom. The van der Waals surface area contributed by atoms with Crippen LogP contribution in [0.4, 0.5) is 0 Å². The number of nitrogens with one attached hydrogen (secondary N) is 1. The minimum atomic E-state index is -2.93. The van der Waals surface area contributed by atoms with Crippen LogP contribution in [0.25, 0.3) is 0 Å². The van der Waals surface area contributed by atoms with Gasteiger partial charge in [0.15, 0.2) is 5.96 Å². The van der Waals surface area contributed by atoms with E-state index < -0.39 is 9.84 Å². The average Bonchev–Trinajstić information content (AvgIpc) is 3.06. The average molecular weight is 522 g/mol. The van der Waals surface area contributed by atoms with Crippen molar-refractivity contribution in [2.45, 2.75) is 40.0 Å². The van der Waals surface area contributed by atoms with E-state index in [0.29, 0.717) is 18.9 Å². The van der Waals surface area contributed by atoms with Crippen molar-refractivity contribution in [1.82, 2.24) is 10.2 Å². The van der Waals surface area contributed by atoms with E-state index >= 15 is 0 Å². The third kappa shape index (κ3) is 9.11. The van der Waals surface area contributed by atoms with E-state index in [1.807, 2.05) is 0 Å². The molecule has 1 atom stereocenters. The van der Waals surface area contributed by atoms with Gasteiger partial charge < -0.3 is 10.2 Å². The molecule has 1 aliphatic rings. The minimum absolute atomic E-state index is 0. The molecule has 0 saturated carbocycles. The molecule has 1 fully saturated rings. The largest absolute Gasteiger partial charge is 0.357 e. The van der Waals surface area contributed by atoms with Crippen LogP contribution in [0.1, 0.15) is 39.2 Å². The van der Waals surface area contributed by atoms with E-state index in [4.69, 9.17) is 4.99 Å². The maximum absolute atomic E-state index is 11.5. The van der Waals surface area contributed by atoms with Crippen molar-refractivity contribution in [3.63, 3.8) is 0 Å². The molecular weight excluding hydrogens is 485 g/mol. The number of rotatable bonds is 8. The number of aliphatic imine (C=N–C) groups is 1. The maximum atomic E-state index is 11.5. The standard InChI is InChI=1S/C21H35N3O2S.HI/c1-5-22-20(23-17-21(2,3)12-14-27(4,25)26)24-13-11-19(16-24)15-18-9-7-6-8-10-18;/h6-10,19H,5,11-17H2,1-4H3,(H,22,23);1H. The van der Waals surface area contributed by atoms with Gasteiger partial charge in [-0.05, 0) is 43.1 Å². The number of guanidine groups is 1. The van der Waals surface area contributed by atoms with Crippen LogP contribution in [0.3, 0.4) is 0 Å². The highest BCUT2D eigenvalue weighted by atomic mass is 127. The number of hydrogen-bond donors (Lipinski definition) is 1. The Morgan fingerprint density at radius 3 is 2.57 bits per heavy atom. The maximum Gasteiger partial charge on any atom is 0.193 e. The summed E-state index contributed by atoms with van der Waals surface area (Å²) in [5, 5.41) is 3.41. The van der Waals surface area contributed by atoms with E-state index in [1.165, 1.54) is 18.2 Å². The van der Waals surface area contributed by atoms with Gasteiger partial charge in [0.2, 0.25) is 0 Å². The molecule has 160 valence electrons. The lowest BCUT2D eigenvalue weighted by Crippen LogP contribution is -2.41.